The van der Waals surface area contributed by atoms with E-state index in [0.717, 1.165) is 11.1 Å². The zero-order valence-corrected chi connectivity index (χ0v) is 17.9. The van der Waals surface area contributed by atoms with Gasteiger partial charge in [-0.2, -0.15) is 0 Å². The van der Waals surface area contributed by atoms with Crippen molar-refractivity contribution in [1.29, 1.82) is 0 Å². The number of nitrogens with one attached hydrogen (secondary N) is 4. The maximum atomic E-state index is 12.4. The molecule has 3 aromatic rings. The number of benzene rings is 3. The maximum absolute atomic E-state index is 12.4. The van der Waals surface area contributed by atoms with E-state index >= 15 is 0 Å². The third-order valence-corrected chi connectivity index (χ3v) is 4.73. The van der Waals surface area contributed by atoms with Crippen LogP contribution in [0.15, 0.2) is 72.8 Å². The number of carbonyl (C=O) groups excluding carboxylic acids is 2. The van der Waals surface area contributed by atoms with Gasteiger partial charge in [-0.1, -0.05) is 24.3 Å². The third kappa shape index (κ3) is 7.09. The lowest BCUT2D eigenvalue weighted by Gasteiger charge is -2.09. The normalized spacial score (nSPS) is 10.1. The van der Waals surface area contributed by atoms with Crippen LogP contribution in [0.2, 0.25) is 0 Å². The molecule has 0 bridgehead atoms. The van der Waals surface area contributed by atoms with Crippen LogP contribution in [0.1, 0.15) is 31.8 Å². The maximum Gasteiger partial charge on any atom is 0.409 e. The Bertz CT molecular complexity index is 1080. The van der Waals surface area contributed by atoms with Crippen LogP contribution in [0.25, 0.3) is 0 Å². The number of carboxylic acid groups (broad SMARTS) is 2. The van der Waals surface area contributed by atoms with Crippen molar-refractivity contribution in [2.24, 2.45) is 0 Å². The molecule has 4 amide bonds. The summed E-state index contributed by atoms with van der Waals surface area (Å²) in [6, 6.07) is 19.4. The molecule has 0 radical (unpaired) electrons. The lowest BCUT2D eigenvalue weighted by molar-refractivity contribution is 0.0939. The minimum Gasteiger partial charge on any atom is -0.465 e. The van der Waals surface area contributed by atoms with E-state index in [2.05, 4.69) is 21.3 Å². The van der Waals surface area contributed by atoms with E-state index in [9.17, 15) is 19.2 Å². The fraction of sp³-hybridized carbons (Fsp3) is 0.0833. The van der Waals surface area contributed by atoms with Crippen LogP contribution in [0.5, 0.6) is 0 Å². The zero-order chi connectivity index (χ0) is 24.5. The Morgan fingerprint density at radius 1 is 0.529 bits per heavy atom. The molecule has 0 aliphatic heterocycles. The smallest absolute Gasteiger partial charge is 0.409 e. The molecule has 0 spiro atoms. The number of hydrogen-bond donors (Lipinski definition) is 6. The SMILES string of the molecule is O=C(O)Nc1ccc(CNC(=O)c2ccc(C(=O)NCc3ccc(NC(=O)O)cc3)cc2)cc1. The molecule has 0 aliphatic carbocycles. The summed E-state index contributed by atoms with van der Waals surface area (Å²) in [6.45, 7) is 0.518. The number of amides is 4. The summed E-state index contributed by atoms with van der Waals surface area (Å²) in [5.41, 5.74) is 3.25. The molecule has 0 aliphatic rings. The fourth-order valence-corrected chi connectivity index (χ4v) is 3.00. The second kappa shape index (κ2) is 11.1. The van der Waals surface area contributed by atoms with Crippen LogP contribution < -0.4 is 21.3 Å². The van der Waals surface area contributed by atoms with E-state index in [1.165, 1.54) is 0 Å². The van der Waals surface area contributed by atoms with Crippen molar-refractivity contribution in [2.45, 2.75) is 13.1 Å². The largest absolute Gasteiger partial charge is 0.465 e. The van der Waals surface area contributed by atoms with Crippen LogP contribution in [0.4, 0.5) is 21.0 Å². The predicted molar refractivity (Wildman–Crippen MR) is 125 cm³/mol. The van der Waals surface area contributed by atoms with Gasteiger partial charge in [-0.05, 0) is 59.7 Å². The fourth-order valence-electron chi connectivity index (χ4n) is 3.00. The predicted octanol–water partition coefficient (Wildman–Crippen LogP) is 3.73. The lowest BCUT2D eigenvalue weighted by Crippen LogP contribution is -2.24. The van der Waals surface area contributed by atoms with E-state index in [-0.39, 0.29) is 24.9 Å². The Kier molecular flexibility index (Phi) is 7.79. The number of hydrogen-bond acceptors (Lipinski definition) is 4. The summed E-state index contributed by atoms with van der Waals surface area (Å²) in [7, 11) is 0. The Morgan fingerprint density at radius 3 is 1.15 bits per heavy atom. The van der Waals surface area contributed by atoms with E-state index in [1.54, 1.807) is 72.8 Å². The number of anilines is 2. The molecule has 0 saturated carbocycles. The Balaban J connectivity index is 1.48. The second-order valence-corrected chi connectivity index (χ2v) is 7.20. The summed E-state index contributed by atoms with van der Waals surface area (Å²) in [5.74, 6) is -0.621. The van der Waals surface area contributed by atoms with Crippen LogP contribution in [0, 0.1) is 0 Å². The first-order chi connectivity index (χ1) is 16.3. The first kappa shape index (κ1) is 23.8. The van der Waals surface area contributed by atoms with Crippen LogP contribution in [-0.2, 0) is 13.1 Å². The van der Waals surface area contributed by atoms with Crippen LogP contribution in [0.3, 0.4) is 0 Å². The monoisotopic (exact) mass is 462 g/mol. The zero-order valence-electron chi connectivity index (χ0n) is 17.9. The summed E-state index contributed by atoms with van der Waals surface area (Å²) in [5, 5.41) is 27.4. The molecule has 3 aromatic carbocycles. The van der Waals surface area contributed by atoms with Crippen LogP contribution in [-0.4, -0.2) is 34.2 Å². The molecule has 0 saturated heterocycles. The van der Waals surface area contributed by atoms with Gasteiger partial charge in [0, 0.05) is 35.6 Å². The van der Waals surface area contributed by atoms with E-state index in [1.807, 2.05) is 0 Å². The first-order valence-corrected chi connectivity index (χ1v) is 10.1. The summed E-state index contributed by atoms with van der Waals surface area (Å²) >= 11 is 0. The van der Waals surface area contributed by atoms with Gasteiger partial charge in [-0.25, -0.2) is 9.59 Å². The van der Waals surface area contributed by atoms with Gasteiger partial charge < -0.3 is 20.8 Å². The molecule has 0 fully saturated rings. The second-order valence-electron chi connectivity index (χ2n) is 7.20. The van der Waals surface area contributed by atoms with Gasteiger partial charge in [0.15, 0.2) is 0 Å². The lowest BCUT2D eigenvalue weighted by atomic mass is 10.1. The highest BCUT2D eigenvalue weighted by molar-refractivity contribution is 5.97. The third-order valence-electron chi connectivity index (χ3n) is 4.73. The summed E-state index contributed by atoms with van der Waals surface area (Å²) in [6.07, 6.45) is -2.30. The van der Waals surface area contributed by atoms with Crippen molar-refractivity contribution >= 4 is 35.4 Å². The first-order valence-electron chi connectivity index (χ1n) is 10.1. The van der Waals surface area contributed by atoms with Crippen LogP contribution >= 0.6 is 0 Å². The Hall–Kier alpha value is -4.86. The van der Waals surface area contributed by atoms with Crippen molar-refractivity contribution in [2.75, 3.05) is 10.6 Å². The summed E-state index contributed by atoms with van der Waals surface area (Å²) in [4.78, 5) is 46.0. The molecule has 6 N–H and O–H groups in total. The molecule has 174 valence electrons. The number of rotatable bonds is 8. The highest BCUT2D eigenvalue weighted by Gasteiger charge is 2.09. The highest BCUT2D eigenvalue weighted by atomic mass is 16.4. The standard InChI is InChI=1S/C24H22N4O6/c29-21(25-13-15-1-9-19(10-2-15)27-23(31)32)17-5-7-18(8-6-17)22(30)26-14-16-3-11-20(12-4-16)28-24(33)34/h1-12,27-28H,13-14H2,(H,25,29)(H,26,30)(H,31,32)(H,33,34). The molecule has 10 heteroatoms. The van der Waals surface area contributed by atoms with Gasteiger partial charge in [0.2, 0.25) is 0 Å². The molecular weight excluding hydrogens is 440 g/mol. The van der Waals surface area contributed by atoms with E-state index in [4.69, 9.17) is 10.2 Å². The average molecular weight is 462 g/mol. The topological polar surface area (TPSA) is 157 Å². The van der Waals surface area contributed by atoms with Gasteiger partial charge in [0.1, 0.15) is 0 Å². The van der Waals surface area contributed by atoms with Gasteiger partial charge >= 0.3 is 12.2 Å². The molecular formula is C24H22N4O6. The van der Waals surface area contributed by atoms with E-state index in [0.29, 0.717) is 22.5 Å². The van der Waals surface area contributed by atoms with Crippen molar-refractivity contribution < 1.29 is 29.4 Å². The van der Waals surface area contributed by atoms with Crippen molar-refractivity contribution in [3.63, 3.8) is 0 Å². The Morgan fingerprint density at radius 2 is 0.853 bits per heavy atom. The Labute approximate surface area is 194 Å². The van der Waals surface area contributed by atoms with Gasteiger partial charge in [0.05, 0.1) is 0 Å². The molecule has 3 rings (SSSR count). The average Bonchev–Trinajstić information content (AvgIpc) is 2.82. The molecule has 0 atom stereocenters. The minimum atomic E-state index is -1.15. The highest BCUT2D eigenvalue weighted by Crippen LogP contribution is 2.11. The molecule has 0 unspecified atom stereocenters. The molecule has 0 aromatic heterocycles. The van der Waals surface area contributed by atoms with Crippen molar-refractivity contribution in [3.05, 3.63) is 95.1 Å². The number of carbonyl (C=O) groups is 4. The van der Waals surface area contributed by atoms with Crippen molar-refractivity contribution in [1.82, 2.24) is 10.6 Å². The molecule has 10 nitrogen and oxygen atoms in total. The van der Waals surface area contributed by atoms with Crippen molar-refractivity contribution in [3.8, 4) is 0 Å². The molecule has 34 heavy (non-hydrogen) atoms. The van der Waals surface area contributed by atoms with E-state index < -0.39 is 12.2 Å². The summed E-state index contributed by atoms with van der Waals surface area (Å²) < 4.78 is 0. The van der Waals surface area contributed by atoms with Gasteiger partial charge in [-0.15, -0.1) is 0 Å². The minimum absolute atomic E-state index is 0.259. The van der Waals surface area contributed by atoms with Gasteiger partial charge in [0.25, 0.3) is 11.8 Å². The quantitative estimate of drug-likeness (QED) is 0.299. The van der Waals surface area contributed by atoms with Gasteiger partial charge in [-0.3, -0.25) is 20.2 Å². The molecule has 0 heterocycles.